The molecule has 5 rings (SSSR count). The number of amides is 1. The number of ether oxygens (including phenoxy) is 5. The summed E-state index contributed by atoms with van der Waals surface area (Å²) in [4.78, 5) is 63.0. The van der Waals surface area contributed by atoms with Crippen molar-refractivity contribution in [3.05, 3.63) is 42.1 Å². The summed E-state index contributed by atoms with van der Waals surface area (Å²) >= 11 is 0. The Balaban J connectivity index is 1.67. The summed E-state index contributed by atoms with van der Waals surface area (Å²) < 4.78 is 49.1. The molecule has 3 saturated heterocycles. The first-order chi connectivity index (χ1) is 30.4. The molecule has 0 saturated carbocycles. The first kappa shape index (κ1) is 51.7. The summed E-state index contributed by atoms with van der Waals surface area (Å²) in [7, 11) is 3.64. The zero-order valence-electron chi connectivity index (χ0n) is 39.8. The van der Waals surface area contributed by atoms with E-state index in [-0.39, 0.29) is 38.4 Å². The SMILES string of the molecule is CC[C@H]1OC(=O)[C@@](C)(F)C(=O)[C@H](C)[C@@H](O[C@@H]2O[C@H](C)C[C@H](N(C)C)[C@H]2O)[C@@]2(C)C[C@@H](C)C(=NC(=O)C(C)C)[C@H](C)[C@H](OC/C(=N\OCc3ccc(-c4nccc(N)n4)cc3)CO2)[C@]1(C)O. The van der Waals surface area contributed by atoms with Gasteiger partial charge in [-0.2, -0.15) is 0 Å². The van der Waals surface area contributed by atoms with Gasteiger partial charge in [-0.3, -0.25) is 9.59 Å². The zero-order valence-corrected chi connectivity index (χ0v) is 39.8. The third kappa shape index (κ3) is 11.8. The fraction of sp³-hybridized carbons (Fsp3) is 0.681. The predicted molar refractivity (Wildman–Crippen MR) is 240 cm³/mol. The number of cyclic esters (lactones) is 1. The molecule has 360 valence electrons. The number of nitrogens with zero attached hydrogens (tertiary/aromatic N) is 5. The Morgan fingerprint density at radius 2 is 1.74 bits per heavy atom. The van der Waals surface area contributed by atoms with Crippen LogP contribution in [-0.2, 0) is 49.5 Å². The van der Waals surface area contributed by atoms with Gasteiger partial charge in [0.15, 0.2) is 17.9 Å². The number of esters is 1. The van der Waals surface area contributed by atoms with Crippen molar-refractivity contribution in [3.8, 4) is 11.4 Å². The number of nitrogens with two attached hydrogens (primary N) is 1. The molecule has 13 atom stereocenters. The maximum absolute atomic E-state index is 17.0. The van der Waals surface area contributed by atoms with Crippen molar-refractivity contribution in [1.29, 1.82) is 0 Å². The van der Waals surface area contributed by atoms with Crippen LogP contribution < -0.4 is 5.73 Å². The number of ketones is 1. The molecule has 3 fully saturated rings. The van der Waals surface area contributed by atoms with Crippen molar-refractivity contribution in [3.63, 3.8) is 0 Å². The molecule has 17 nitrogen and oxygen atoms in total. The number of nitrogen functional groups attached to an aromatic ring is 1. The fourth-order valence-corrected chi connectivity index (χ4v) is 9.14. The van der Waals surface area contributed by atoms with Gasteiger partial charge < -0.3 is 49.4 Å². The van der Waals surface area contributed by atoms with Crippen molar-refractivity contribution in [2.45, 2.75) is 155 Å². The molecule has 4 N–H and O–H groups in total. The maximum Gasteiger partial charge on any atom is 0.351 e. The van der Waals surface area contributed by atoms with Crippen LogP contribution in [0.2, 0.25) is 0 Å². The van der Waals surface area contributed by atoms with Gasteiger partial charge >= 0.3 is 5.97 Å². The summed E-state index contributed by atoms with van der Waals surface area (Å²) in [5, 5.41) is 28.7. The standard InChI is InChI=1S/C47H69FN6O11/c1-13-34-47(10,59)40-28(6)36(52-42(57)25(2)3)26(4)21-45(8,61-24-32(23-60-40)53-62-22-30-14-16-31(17-15-30)41-50-19-18-35(49)51-41)39(29(7)38(56)46(9,48)44(58)64-34)65-43-37(55)33(54(11)12)20-27(5)63-43/h14-19,25-29,33-34,37,39-40,43,55,59H,13,20-24H2,1-12H3,(H2,49,50,51)/b52-36?,53-32+/t26-,27-,28+,29+,33+,34-,37-,39-,40+,43+,45-,46+,47-/m1/s1. The highest BCUT2D eigenvalue weighted by Gasteiger charge is 2.56. The number of aliphatic imine (C=N–C) groups is 1. The number of halogens is 1. The number of aliphatic hydroxyl groups excluding tert-OH is 1. The Kier molecular flexibility index (Phi) is 16.8. The monoisotopic (exact) mass is 913 g/mol. The number of alkyl halides is 1. The number of carbonyl (C=O) groups excluding carboxylic acids is 3. The zero-order chi connectivity index (χ0) is 48.2. The van der Waals surface area contributed by atoms with Crippen molar-refractivity contribution in [2.75, 3.05) is 33.0 Å². The Morgan fingerprint density at radius 3 is 2.35 bits per heavy atom. The van der Waals surface area contributed by atoms with Gasteiger partial charge in [-0.25, -0.2) is 24.1 Å². The Labute approximate surface area is 381 Å². The number of aliphatic hydroxyl groups is 2. The minimum Gasteiger partial charge on any atom is -0.457 e. The van der Waals surface area contributed by atoms with E-state index in [1.54, 1.807) is 46.9 Å². The van der Waals surface area contributed by atoms with Crippen LogP contribution in [0.25, 0.3) is 11.4 Å². The van der Waals surface area contributed by atoms with Crippen molar-refractivity contribution in [2.24, 2.45) is 33.8 Å². The van der Waals surface area contributed by atoms with Crippen LogP contribution in [0.15, 0.2) is 46.7 Å². The first-order valence-corrected chi connectivity index (χ1v) is 22.5. The lowest BCUT2D eigenvalue weighted by Crippen LogP contribution is -2.61. The van der Waals surface area contributed by atoms with Gasteiger partial charge in [0.1, 0.15) is 35.9 Å². The van der Waals surface area contributed by atoms with E-state index in [4.69, 9.17) is 34.3 Å². The Hall–Kier alpha value is -4.30. The molecule has 1 aromatic carbocycles. The summed E-state index contributed by atoms with van der Waals surface area (Å²) in [6.45, 7) is 15.2. The minimum atomic E-state index is -3.23. The topological polar surface area (TPSA) is 227 Å². The van der Waals surface area contributed by atoms with E-state index in [1.807, 2.05) is 57.1 Å². The smallest absolute Gasteiger partial charge is 0.351 e. The van der Waals surface area contributed by atoms with Crippen LogP contribution in [-0.4, -0.2) is 141 Å². The van der Waals surface area contributed by atoms with Crippen LogP contribution >= 0.6 is 0 Å². The van der Waals surface area contributed by atoms with Gasteiger partial charge in [0, 0.05) is 41.3 Å². The summed E-state index contributed by atoms with van der Waals surface area (Å²) in [5.41, 5.74) is 1.01. The molecule has 1 aromatic heterocycles. The third-order valence-corrected chi connectivity index (χ3v) is 12.9. The highest BCUT2D eigenvalue weighted by molar-refractivity contribution is 6.08. The van der Waals surface area contributed by atoms with Gasteiger partial charge in [0.05, 0.1) is 37.1 Å². The average Bonchev–Trinajstić information content (AvgIpc) is 3.26. The highest BCUT2D eigenvalue weighted by atomic mass is 19.1. The second-order valence-electron chi connectivity index (χ2n) is 19.0. The quantitative estimate of drug-likeness (QED) is 0.173. The van der Waals surface area contributed by atoms with E-state index in [0.717, 1.165) is 18.1 Å². The van der Waals surface area contributed by atoms with E-state index < -0.39 is 101 Å². The van der Waals surface area contributed by atoms with Gasteiger partial charge in [-0.15, -0.1) is 0 Å². The van der Waals surface area contributed by atoms with Gasteiger partial charge in [0.2, 0.25) is 5.91 Å². The number of likely N-dealkylation sites (N-methyl/N-ethyl adjacent to an activating group) is 1. The highest BCUT2D eigenvalue weighted by Crippen LogP contribution is 2.41. The lowest BCUT2D eigenvalue weighted by Gasteiger charge is -2.47. The molecule has 3 aliphatic heterocycles. The number of fused-ring (bicyclic) bond motifs is 5. The molecule has 1 amide bonds. The Bertz CT molecular complexity index is 2050. The van der Waals surface area contributed by atoms with Crippen LogP contribution in [0.1, 0.15) is 94.1 Å². The van der Waals surface area contributed by atoms with E-state index in [2.05, 4.69) is 20.1 Å². The number of hydrogen-bond donors (Lipinski definition) is 3. The number of rotatable bonds is 9. The average molecular weight is 913 g/mol. The van der Waals surface area contributed by atoms with Crippen LogP contribution in [0.5, 0.6) is 0 Å². The predicted octanol–water partition coefficient (Wildman–Crippen LogP) is 4.89. The minimum absolute atomic E-state index is 0.00388. The molecule has 2 bridgehead atoms. The summed E-state index contributed by atoms with van der Waals surface area (Å²) in [5.74, 6) is -5.76. The molecule has 0 radical (unpaired) electrons. The molecule has 0 aliphatic carbocycles. The molecule has 0 unspecified atom stereocenters. The van der Waals surface area contributed by atoms with Crippen molar-refractivity contribution >= 4 is 34.9 Å². The fourth-order valence-electron chi connectivity index (χ4n) is 9.14. The maximum atomic E-state index is 17.0. The lowest BCUT2D eigenvalue weighted by molar-refractivity contribution is -0.296. The molecule has 2 aromatic rings. The molecule has 0 spiro atoms. The first-order valence-electron chi connectivity index (χ1n) is 22.5. The Morgan fingerprint density at radius 1 is 1.06 bits per heavy atom. The number of benzene rings is 1. The molecule has 4 heterocycles. The van der Waals surface area contributed by atoms with Crippen molar-refractivity contribution < 1.29 is 57.5 Å². The van der Waals surface area contributed by atoms with E-state index >= 15 is 4.39 Å². The number of Topliss-reactive ketones (excluding diaryl/α,β-unsaturated/α-hetero) is 1. The van der Waals surface area contributed by atoms with Crippen molar-refractivity contribution in [1.82, 2.24) is 14.9 Å². The van der Waals surface area contributed by atoms with Gasteiger partial charge in [0.25, 0.3) is 5.67 Å². The second kappa shape index (κ2) is 21.1. The van der Waals surface area contributed by atoms with Gasteiger partial charge in [-0.1, -0.05) is 71.0 Å². The molecule has 3 aliphatic rings. The number of carbonyl (C=O) groups is 3. The largest absolute Gasteiger partial charge is 0.457 e. The molecule has 18 heteroatoms. The number of hydrogen-bond acceptors (Lipinski definition) is 16. The number of aromatic nitrogens is 2. The third-order valence-electron chi connectivity index (χ3n) is 12.9. The number of oxime groups is 1. The number of anilines is 1. The molecular weight excluding hydrogens is 844 g/mol. The second-order valence-corrected chi connectivity index (χ2v) is 19.0. The normalized spacial score (nSPS) is 36.8. The van der Waals surface area contributed by atoms with E-state index in [0.29, 0.717) is 23.8 Å². The van der Waals surface area contributed by atoms with E-state index in [1.165, 1.54) is 13.8 Å². The molecule has 65 heavy (non-hydrogen) atoms. The van der Waals surface area contributed by atoms with Crippen LogP contribution in [0.4, 0.5) is 10.2 Å². The lowest BCUT2D eigenvalue weighted by atomic mass is 9.73. The van der Waals surface area contributed by atoms with Gasteiger partial charge in [-0.05, 0) is 78.6 Å². The van der Waals surface area contributed by atoms with Crippen LogP contribution in [0, 0.1) is 23.7 Å². The summed E-state index contributed by atoms with van der Waals surface area (Å²) in [6, 6.07) is 8.50. The van der Waals surface area contributed by atoms with E-state index in [9.17, 15) is 24.6 Å². The molecular formula is C47H69FN6O11. The van der Waals surface area contributed by atoms with Crippen LogP contribution in [0.3, 0.4) is 0 Å². The summed E-state index contributed by atoms with van der Waals surface area (Å²) in [6.07, 6.45) is -5.00.